The molecule has 0 aromatic carbocycles. The van der Waals surface area contributed by atoms with Crippen molar-refractivity contribution in [1.82, 2.24) is 0 Å². The fourth-order valence-electron chi connectivity index (χ4n) is 3.99. The van der Waals surface area contributed by atoms with Crippen LogP contribution in [0.15, 0.2) is 95.2 Å². The number of carbonyl (C=O) groups is 1. The van der Waals surface area contributed by atoms with Crippen molar-refractivity contribution < 1.29 is 9.53 Å². The van der Waals surface area contributed by atoms with Gasteiger partial charge in [0.2, 0.25) is 0 Å². The zero-order chi connectivity index (χ0) is 29.8. The van der Waals surface area contributed by atoms with E-state index >= 15 is 0 Å². The average Bonchev–Trinajstić information content (AvgIpc) is 2.89. The number of hydrogen-bond acceptors (Lipinski definition) is 2. The second-order valence-corrected chi connectivity index (χ2v) is 11.2. The fraction of sp³-hybridized carbons (Fsp3) is 0.553. The van der Waals surface area contributed by atoms with Gasteiger partial charge in [-0.25, -0.2) is 0 Å². The highest BCUT2D eigenvalue weighted by Crippen LogP contribution is 2.15. The lowest BCUT2D eigenvalue weighted by molar-refractivity contribution is -0.146. The topological polar surface area (TPSA) is 26.3 Å². The summed E-state index contributed by atoms with van der Waals surface area (Å²) in [7, 11) is 0. The zero-order valence-electron chi connectivity index (χ0n) is 27.0. The third-order valence-electron chi connectivity index (χ3n) is 6.32. The maximum Gasteiger partial charge on any atom is 0.306 e. The molecule has 0 radical (unpaired) electrons. The molecular formula is C38H60O2. The van der Waals surface area contributed by atoms with Gasteiger partial charge in [0.1, 0.15) is 6.10 Å². The van der Waals surface area contributed by atoms with E-state index in [2.05, 4.69) is 121 Å². The molecule has 0 aromatic rings. The van der Waals surface area contributed by atoms with Crippen LogP contribution in [0.1, 0.15) is 132 Å². The average molecular weight is 549 g/mol. The lowest BCUT2D eigenvalue weighted by atomic mass is 10.0. The van der Waals surface area contributed by atoms with Crippen molar-refractivity contribution >= 4 is 5.97 Å². The summed E-state index contributed by atoms with van der Waals surface area (Å²) in [6, 6.07) is 0. The Kier molecular flexibility index (Phi) is 24.9. The molecule has 0 rings (SSSR count). The predicted octanol–water partition coefficient (Wildman–Crippen LogP) is 12.0. The molecule has 0 fully saturated rings. The normalized spacial score (nSPS) is 13.6. The molecule has 0 amide bonds. The Morgan fingerprint density at radius 2 is 1.07 bits per heavy atom. The number of unbranched alkanes of at least 4 members (excludes halogenated alkanes) is 2. The molecule has 0 spiro atoms. The van der Waals surface area contributed by atoms with E-state index in [4.69, 9.17) is 4.74 Å². The third kappa shape index (κ3) is 27.0. The van der Waals surface area contributed by atoms with E-state index < -0.39 is 0 Å². The Hall–Kier alpha value is -2.61. The summed E-state index contributed by atoms with van der Waals surface area (Å²) in [6.45, 7) is 15.0. The first-order chi connectivity index (χ1) is 19.2. The van der Waals surface area contributed by atoms with E-state index in [0.717, 1.165) is 77.0 Å². The monoisotopic (exact) mass is 548 g/mol. The van der Waals surface area contributed by atoms with Crippen molar-refractivity contribution in [1.29, 1.82) is 0 Å². The maximum atomic E-state index is 12.6. The van der Waals surface area contributed by atoms with Crippen molar-refractivity contribution in [3.05, 3.63) is 95.2 Å². The molecule has 2 heteroatoms. The van der Waals surface area contributed by atoms with Gasteiger partial charge in [0, 0.05) is 12.8 Å². The first kappa shape index (κ1) is 37.4. The van der Waals surface area contributed by atoms with E-state index in [1.165, 1.54) is 22.3 Å². The first-order valence-corrected chi connectivity index (χ1v) is 15.6. The molecule has 0 aromatic heterocycles. The van der Waals surface area contributed by atoms with Crippen LogP contribution < -0.4 is 0 Å². The SMILES string of the molecule is CCC=CCC=CCCC=CCCC=CCCC(=O)OC(C=C(C)CCC=C(C)C)CC=C(C)CCC=C(C)C. The van der Waals surface area contributed by atoms with Gasteiger partial charge >= 0.3 is 5.97 Å². The standard InChI is InChI=1S/C38H60O2/c1-8-9-10-11-12-13-14-15-16-17-18-19-20-21-22-29-38(39)40-37(32-36(7)28-24-26-34(4)5)31-30-35(6)27-23-25-33(2)3/h9-10,12-13,16-17,20-21,25-26,30,32,37H,8,11,14-15,18-19,22-24,27-29,31H2,1-7H3. The van der Waals surface area contributed by atoms with E-state index in [0.29, 0.717) is 6.42 Å². The Balaban J connectivity index is 4.56. The van der Waals surface area contributed by atoms with Crippen LogP contribution in [0.25, 0.3) is 0 Å². The van der Waals surface area contributed by atoms with Crippen molar-refractivity contribution in [3.8, 4) is 0 Å². The number of allylic oxidation sites excluding steroid dienone is 14. The fourth-order valence-corrected chi connectivity index (χ4v) is 3.99. The van der Waals surface area contributed by atoms with Crippen molar-refractivity contribution in [2.45, 2.75) is 138 Å². The Labute approximate surface area is 248 Å². The van der Waals surface area contributed by atoms with Gasteiger partial charge in [-0.2, -0.15) is 0 Å². The highest BCUT2D eigenvalue weighted by atomic mass is 16.5. The Morgan fingerprint density at radius 3 is 1.62 bits per heavy atom. The second kappa shape index (κ2) is 26.6. The van der Waals surface area contributed by atoms with Gasteiger partial charge in [-0.1, -0.05) is 96.1 Å². The molecule has 1 atom stereocenters. The van der Waals surface area contributed by atoms with Crippen molar-refractivity contribution in [2.24, 2.45) is 0 Å². The summed E-state index contributed by atoms with van der Waals surface area (Å²) < 4.78 is 5.92. The molecule has 0 bridgehead atoms. The van der Waals surface area contributed by atoms with Crippen molar-refractivity contribution in [2.75, 3.05) is 0 Å². The minimum absolute atomic E-state index is 0.114. The maximum absolute atomic E-state index is 12.6. The number of esters is 1. The zero-order valence-corrected chi connectivity index (χ0v) is 27.0. The van der Waals surface area contributed by atoms with Crippen LogP contribution in [0.4, 0.5) is 0 Å². The van der Waals surface area contributed by atoms with Crippen LogP contribution in [0.5, 0.6) is 0 Å². The van der Waals surface area contributed by atoms with Crippen LogP contribution in [0.3, 0.4) is 0 Å². The minimum Gasteiger partial charge on any atom is -0.458 e. The molecule has 1 unspecified atom stereocenters. The summed E-state index contributed by atoms with van der Waals surface area (Å²) in [5.41, 5.74) is 5.32. The molecule has 0 heterocycles. The minimum atomic E-state index is -0.200. The summed E-state index contributed by atoms with van der Waals surface area (Å²) in [6.07, 6.45) is 38.9. The second-order valence-electron chi connectivity index (χ2n) is 11.2. The number of ether oxygens (including phenoxy) is 1. The first-order valence-electron chi connectivity index (χ1n) is 15.6. The van der Waals surface area contributed by atoms with Gasteiger partial charge in [0.15, 0.2) is 0 Å². The number of carbonyl (C=O) groups excluding carboxylic acids is 1. The predicted molar refractivity (Wildman–Crippen MR) is 179 cm³/mol. The highest BCUT2D eigenvalue weighted by molar-refractivity contribution is 5.70. The molecular weight excluding hydrogens is 488 g/mol. The smallest absolute Gasteiger partial charge is 0.306 e. The summed E-state index contributed by atoms with van der Waals surface area (Å²) >= 11 is 0. The van der Waals surface area contributed by atoms with Crippen LogP contribution in [-0.2, 0) is 9.53 Å². The molecule has 0 aliphatic rings. The van der Waals surface area contributed by atoms with Crippen molar-refractivity contribution in [3.63, 3.8) is 0 Å². The highest BCUT2D eigenvalue weighted by Gasteiger charge is 2.11. The van der Waals surface area contributed by atoms with E-state index in [-0.39, 0.29) is 12.1 Å². The molecule has 0 aliphatic carbocycles. The molecule has 40 heavy (non-hydrogen) atoms. The molecule has 0 saturated carbocycles. The Bertz CT molecular complexity index is 894. The molecule has 224 valence electrons. The van der Waals surface area contributed by atoms with Gasteiger partial charge in [0.25, 0.3) is 0 Å². The molecule has 0 N–H and O–H groups in total. The van der Waals surface area contributed by atoms with E-state index in [1.807, 2.05) is 0 Å². The summed E-state index contributed by atoms with van der Waals surface area (Å²) in [5, 5.41) is 0. The lowest BCUT2D eigenvalue weighted by Crippen LogP contribution is -2.16. The van der Waals surface area contributed by atoms with Gasteiger partial charge < -0.3 is 4.74 Å². The molecule has 0 saturated heterocycles. The quantitative estimate of drug-likeness (QED) is 0.0764. The lowest BCUT2D eigenvalue weighted by Gasteiger charge is -2.15. The van der Waals surface area contributed by atoms with Crippen LogP contribution in [0, 0.1) is 0 Å². The van der Waals surface area contributed by atoms with Crippen LogP contribution >= 0.6 is 0 Å². The van der Waals surface area contributed by atoms with Crippen LogP contribution in [-0.4, -0.2) is 12.1 Å². The number of hydrogen-bond donors (Lipinski definition) is 0. The number of rotatable bonds is 22. The van der Waals surface area contributed by atoms with E-state index in [9.17, 15) is 4.79 Å². The van der Waals surface area contributed by atoms with E-state index in [1.54, 1.807) is 0 Å². The van der Waals surface area contributed by atoms with Crippen LogP contribution in [0.2, 0.25) is 0 Å². The van der Waals surface area contributed by atoms with Gasteiger partial charge in [0.05, 0.1) is 0 Å². The largest absolute Gasteiger partial charge is 0.458 e. The molecule has 2 nitrogen and oxygen atoms in total. The van der Waals surface area contributed by atoms with Gasteiger partial charge in [-0.3, -0.25) is 4.79 Å². The van der Waals surface area contributed by atoms with Gasteiger partial charge in [-0.15, -0.1) is 0 Å². The Morgan fingerprint density at radius 1 is 0.575 bits per heavy atom. The summed E-state index contributed by atoms with van der Waals surface area (Å²) in [5.74, 6) is -0.114. The summed E-state index contributed by atoms with van der Waals surface area (Å²) in [4.78, 5) is 12.6. The third-order valence-corrected chi connectivity index (χ3v) is 6.32. The molecule has 0 aliphatic heterocycles. The van der Waals surface area contributed by atoms with Gasteiger partial charge in [-0.05, 0) is 118 Å².